The van der Waals surface area contributed by atoms with Gasteiger partial charge in [-0.15, -0.1) is 0 Å². The molecule has 1 atom stereocenters. The van der Waals surface area contributed by atoms with Crippen molar-refractivity contribution >= 4 is 6.08 Å². The van der Waals surface area contributed by atoms with Crippen molar-refractivity contribution < 1.29 is 27.0 Å². The van der Waals surface area contributed by atoms with Gasteiger partial charge in [0, 0.05) is 0 Å². The SMILES string of the molecule is C=Cc1c(F)c(F)c(OC(C)OC2CCCCC2)c(F)c1F. The number of benzene rings is 1. The lowest BCUT2D eigenvalue weighted by Crippen LogP contribution is -2.27. The van der Waals surface area contributed by atoms with Crippen LogP contribution >= 0.6 is 0 Å². The highest BCUT2D eigenvalue weighted by Gasteiger charge is 2.27. The van der Waals surface area contributed by atoms with Crippen LogP contribution in [0.1, 0.15) is 44.6 Å². The Hall–Kier alpha value is -1.56. The van der Waals surface area contributed by atoms with E-state index in [9.17, 15) is 17.6 Å². The summed E-state index contributed by atoms with van der Waals surface area (Å²) in [6.07, 6.45) is 4.43. The lowest BCUT2D eigenvalue weighted by molar-refractivity contribution is -0.119. The summed E-state index contributed by atoms with van der Waals surface area (Å²) < 4.78 is 65.4. The van der Waals surface area contributed by atoms with E-state index in [0.717, 1.165) is 32.1 Å². The molecule has 1 fully saturated rings. The van der Waals surface area contributed by atoms with Gasteiger partial charge in [-0.25, -0.2) is 8.78 Å². The van der Waals surface area contributed by atoms with Gasteiger partial charge in [0.25, 0.3) is 0 Å². The van der Waals surface area contributed by atoms with Gasteiger partial charge in [-0.2, -0.15) is 8.78 Å². The van der Waals surface area contributed by atoms with E-state index in [1.807, 2.05) is 0 Å². The predicted octanol–water partition coefficient (Wildman–Crippen LogP) is 4.96. The first kappa shape index (κ1) is 16.8. The van der Waals surface area contributed by atoms with E-state index >= 15 is 0 Å². The molecule has 1 saturated carbocycles. The van der Waals surface area contributed by atoms with Crippen molar-refractivity contribution in [2.24, 2.45) is 0 Å². The zero-order valence-electron chi connectivity index (χ0n) is 12.3. The van der Waals surface area contributed by atoms with Gasteiger partial charge in [0.1, 0.15) is 0 Å². The molecule has 0 aromatic heterocycles. The summed E-state index contributed by atoms with van der Waals surface area (Å²) in [7, 11) is 0. The Bertz CT molecular complexity index is 525. The van der Waals surface area contributed by atoms with Crippen molar-refractivity contribution in [1.29, 1.82) is 0 Å². The van der Waals surface area contributed by atoms with Crippen LogP contribution in [-0.2, 0) is 4.74 Å². The minimum atomic E-state index is -1.59. The molecule has 22 heavy (non-hydrogen) atoms. The molecule has 1 aliphatic carbocycles. The molecule has 0 radical (unpaired) electrons. The molecule has 0 N–H and O–H groups in total. The van der Waals surface area contributed by atoms with Crippen LogP contribution in [0.4, 0.5) is 17.6 Å². The van der Waals surface area contributed by atoms with Gasteiger partial charge in [0.05, 0.1) is 11.7 Å². The van der Waals surface area contributed by atoms with E-state index in [1.54, 1.807) is 0 Å². The van der Waals surface area contributed by atoms with Crippen LogP contribution in [-0.4, -0.2) is 12.4 Å². The first-order valence-corrected chi connectivity index (χ1v) is 7.26. The van der Waals surface area contributed by atoms with Crippen LogP contribution in [0.15, 0.2) is 6.58 Å². The van der Waals surface area contributed by atoms with E-state index in [-0.39, 0.29) is 6.10 Å². The van der Waals surface area contributed by atoms with Crippen LogP contribution in [0.25, 0.3) is 6.08 Å². The fourth-order valence-corrected chi connectivity index (χ4v) is 2.58. The van der Waals surface area contributed by atoms with Gasteiger partial charge in [0.2, 0.25) is 11.6 Å². The second-order valence-corrected chi connectivity index (χ2v) is 5.28. The number of ether oxygens (including phenoxy) is 2. The van der Waals surface area contributed by atoms with Crippen LogP contribution < -0.4 is 4.74 Å². The Kier molecular flexibility index (Phi) is 5.45. The summed E-state index contributed by atoms with van der Waals surface area (Å²) in [5.74, 6) is -7.35. The zero-order chi connectivity index (χ0) is 16.3. The summed E-state index contributed by atoms with van der Waals surface area (Å²) in [6, 6.07) is 0. The summed E-state index contributed by atoms with van der Waals surface area (Å²) in [6.45, 7) is 4.56. The van der Waals surface area contributed by atoms with Crippen molar-refractivity contribution in [3.05, 3.63) is 35.4 Å². The van der Waals surface area contributed by atoms with Crippen LogP contribution in [0.3, 0.4) is 0 Å². The molecule has 6 heteroatoms. The topological polar surface area (TPSA) is 18.5 Å². The Balaban J connectivity index is 2.16. The molecule has 0 saturated heterocycles. The number of hydrogen-bond acceptors (Lipinski definition) is 2. The maximum Gasteiger partial charge on any atom is 0.204 e. The highest BCUT2D eigenvalue weighted by molar-refractivity contribution is 5.51. The van der Waals surface area contributed by atoms with Crippen molar-refractivity contribution in [3.8, 4) is 5.75 Å². The molecule has 1 aliphatic rings. The molecular formula is C16H18F4O2. The molecular weight excluding hydrogens is 300 g/mol. The van der Waals surface area contributed by atoms with Crippen molar-refractivity contribution in [2.75, 3.05) is 0 Å². The third-order valence-corrected chi connectivity index (χ3v) is 3.68. The van der Waals surface area contributed by atoms with Gasteiger partial charge in [-0.05, 0) is 19.8 Å². The highest BCUT2D eigenvalue weighted by atomic mass is 19.2. The van der Waals surface area contributed by atoms with Crippen LogP contribution in [0.5, 0.6) is 5.75 Å². The first-order valence-electron chi connectivity index (χ1n) is 7.26. The Morgan fingerprint density at radius 2 is 1.55 bits per heavy atom. The van der Waals surface area contributed by atoms with Crippen molar-refractivity contribution in [1.82, 2.24) is 0 Å². The maximum absolute atomic E-state index is 13.8. The monoisotopic (exact) mass is 318 g/mol. The third kappa shape index (κ3) is 3.43. The molecule has 1 aromatic rings. The van der Waals surface area contributed by atoms with Crippen molar-refractivity contribution in [2.45, 2.75) is 51.4 Å². The lowest BCUT2D eigenvalue weighted by atomic mass is 9.98. The average Bonchev–Trinajstić information content (AvgIpc) is 2.51. The van der Waals surface area contributed by atoms with Gasteiger partial charge in [-0.3, -0.25) is 0 Å². The molecule has 2 nitrogen and oxygen atoms in total. The minimum Gasteiger partial charge on any atom is -0.459 e. The average molecular weight is 318 g/mol. The number of hydrogen-bond donors (Lipinski definition) is 0. The van der Waals surface area contributed by atoms with E-state index < -0.39 is 40.9 Å². The summed E-state index contributed by atoms with van der Waals surface area (Å²) in [5.41, 5.74) is -0.858. The summed E-state index contributed by atoms with van der Waals surface area (Å²) >= 11 is 0. The largest absolute Gasteiger partial charge is 0.459 e. The van der Waals surface area contributed by atoms with E-state index in [4.69, 9.17) is 9.47 Å². The van der Waals surface area contributed by atoms with Gasteiger partial charge in [0.15, 0.2) is 23.7 Å². The molecule has 1 unspecified atom stereocenters. The van der Waals surface area contributed by atoms with E-state index in [2.05, 4.69) is 6.58 Å². The molecule has 1 aromatic carbocycles. The molecule has 0 amide bonds. The predicted molar refractivity (Wildman–Crippen MR) is 74.4 cm³/mol. The quantitative estimate of drug-likeness (QED) is 0.434. The lowest BCUT2D eigenvalue weighted by Gasteiger charge is -2.26. The van der Waals surface area contributed by atoms with E-state index in [0.29, 0.717) is 6.08 Å². The van der Waals surface area contributed by atoms with Crippen LogP contribution in [0, 0.1) is 23.3 Å². The standard InChI is InChI=1S/C16H18F4O2/c1-3-11-12(17)14(19)16(15(20)13(11)18)22-9(2)21-10-7-5-4-6-8-10/h3,9-10H,1,4-8H2,2H3. The molecule has 0 aliphatic heterocycles. The first-order chi connectivity index (χ1) is 10.5. The van der Waals surface area contributed by atoms with Gasteiger partial charge in [-0.1, -0.05) is 31.9 Å². The highest BCUT2D eigenvalue weighted by Crippen LogP contribution is 2.32. The third-order valence-electron chi connectivity index (χ3n) is 3.68. The normalized spacial score (nSPS) is 17.3. The molecule has 0 spiro atoms. The summed E-state index contributed by atoms with van der Waals surface area (Å²) in [4.78, 5) is 0. The summed E-state index contributed by atoms with van der Waals surface area (Å²) in [5, 5.41) is 0. The number of halogens is 4. The molecule has 0 heterocycles. The second kappa shape index (κ2) is 7.13. The fraction of sp³-hybridized carbons (Fsp3) is 0.500. The minimum absolute atomic E-state index is 0.0722. The van der Waals surface area contributed by atoms with Crippen molar-refractivity contribution in [3.63, 3.8) is 0 Å². The molecule has 2 rings (SSSR count). The molecule has 0 bridgehead atoms. The maximum atomic E-state index is 13.8. The Labute approximate surface area is 126 Å². The second-order valence-electron chi connectivity index (χ2n) is 5.28. The number of rotatable bonds is 5. The Morgan fingerprint density at radius 1 is 1.00 bits per heavy atom. The zero-order valence-corrected chi connectivity index (χ0v) is 12.3. The van der Waals surface area contributed by atoms with Gasteiger partial charge >= 0.3 is 0 Å². The Morgan fingerprint density at radius 3 is 2.05 bits per heavy atom. The van der Waals surface area contributed by atoms with Crippen LogP contribution in [0.2, 0.25) is 0 Å². The molecule has 122 valence electrons. The smallest absolute Gasteiger partial charge is 0.204 e. The fourth-order valence-electron chi connectivity index (χ4n) is 2.58. The van der Waals surface area contributed by atoms with Gasteiger partial charge < -0.3 is 9.47 Å². The van der Waals surface area contributed by atoms with E-state index in [1.165, 1.54) is 6.92 Å².